The minimum Gasteiger partial charge on any atom is -0.340 e. The highest BCUT2D eigenvalue weighted by atomic mass is 32.2. The molecule has 2 aromatic carbocycles. The van der Waals surface area contributed by atoms with Crippen molar-refractivity contribution in [3.05, 3.63) is 71.8 Å². The van der Waals surface area contributed by atoms with Gasteiger partial charge in [-0.1, -0.05) is 68.5 Å². The molecule has 0 bridgehead atoms. The summed E-state index contributed by atoms with van der Waals surface area (Å²) < 4.78 is 27.2. The van der Waals surface area contributed by atoms with Crippen LogP contribution in [-0.2, 0) is 21.2 Å². The van der Waals surface area contributed by atoms with Gasteiger partial charge in [-0.3, -0.25) is 9.69 Å². The van der Waals surface area contributed by atoms with Crippen LogP contribution < -0.4 is 4.72 Å². The van der Waals surface area contributed by atoms with Crippen molar-refractivity contribution < 1.29 is 13.2 Å². The van der Waals surface area contributed by atoms with Crippen LogP contribution in [0.1, 0.15) is 31.4 Å². The van der Waals surface area contributed by atoms with Crippen molar-refractivity contribution in [2.75, 3.05) is 39.3 Å². The Kier molecular flexibility index (Phi) is 9.23. The second-order valence-corrected chi connectivity index (χ2v) is 10.7. The number of sulfonamides is 1. The lowest BCUT2D eigenvalue weighted by Gasteiger charge is -2.34. The summed E-state index contributed by atoms with van der Waals surface area (Å²) in [6.07, 6.45) is 5.35. The molecule has 3 rings (SSSR count). The summed E-state index contributed by atoms with van der Waals surface area (Å²) in [4.78, 5) is 17.2. The molecule has 1 aliphatic heterocycles. The molecular formula is C26H35N3O3S. The van der Waals surface area contributed by atoms with Gasteiger partial charge >= 0.3 is 0 Å². The molecule has 0 atom stereocenters. The molecule has 1 fully saturated rings. The normalized spacial score (nSPS) is 15.4. The molecule has 0 unspecified atom stereocenters. The molecule has 1 amide bonds. The highest BCUT2D eigenvalue weighted by Crippen LogP contribution is 2.13. The van der Waals surface area contributed by atoms with Crippen LogP contribution in [0.4, 0.5) is 0 Å². The Balaban J connectivity index is 1.40. The number of hydrogen-bond acceptors (Lipinski definition) is 4. The van der Waals surface area contributed by atoms with Crippen molar-refractivity contribution in [2.45, 2.75) is 31.6 Å². The highest BCUT2D eigenvalue weighted by molar-refractivity contribution is 7.89. The van der Waals surface area contributed by atoms with Gasteiger partial charge in [-0.25, -0.2) is 13.1 Å². The fourth-order valence-electron chi connectivity index (χ4n) is 3.69. The van der Waals surface area contributed by atoms with Crippen LogP contribution in [0.2, 0.25) is 0 Å². The van der Waals surface area contributed by atoms with Gasteiger partial charge in [0.05, 0.1) is 4.90 Å². The first-order chi connectivity index (χ1) is 15.8. The van der Waals surface area contributed by atoms with E-state index in [-0.39, 0.29) is 16.7 Å². The fourth-order valence-corrected chi connectivity index (χ4v) is 4.90. The predicted octanol–water partition coefficient (Wildman–Crippen LogP) is 3.41. The smallest absolute Gasteiger partial charge is 0.240 e. The first-order valence-electron chi connectivity index (χ1n) is 11.6. The number of rotatable bonds is 10. The number of carbonyl (C=O) groups is 1. The van der Waals surface area contributed by atoms with E-state index in [1.54, 1.807) is 24.3 Å². The quantitative estimate of drug-likeness (QED) is 0.579. The molecular weight excluding hydrogens is 434 g/mol. The Hall–Kier alpha value is -2.48. The fraction of sp³-hybridized carbons (Fsp3) is 0.423. The predicted molar refractivity (Wildman–Crippen MR) is 133 cm³/mol. The molecule has 0 saturated carbocycles. The summed E-state index contributed by atoms with van der Waals surface area (Å²) in [7, 11) is -3.48. The largest absolute Gasteiger partial charge is 0.340 e. The maximum atomic E-state index is 12.6. The van der Waals surface area contributed by atoms with Crippen molar-refractivity contribution in [1.82, 2.24) is 14.5 Å². The van der Waals surface area contributed by atoms with Gasteiger partial charge in [0.15, 0.2) is 0 Å². The third-order valence-corrected chi connectivity index (χ3v) is 7.18. The number of benzene rings is 2. The Morgan fingerprint density at radius 1 is 1.00 bits per heavy atom. The average Bonchev–Trinajstić information content (AvgIpc) is 2.83. The molecule has 7 heteroatoms. The van der Waals surface area contributed by atoms with Crippen molar-refractivity contribution >= 4 is 22.0 Å². The third kappa shape index (κ3) is 8.11. The topological polar surface area (TPSA) is 69.7 Å². The third-order valence-electron chi connectivity index (χ3n) is 5.74. The van der Waals surface area contributed by atoms with Gasteiger partial charge in [0.1, 0.15) is 0 Å². The SMILES string of the molecule is CC(C)CNS(=O)(=O)c1ccc(CCC(=O)N2CCN(C/C=C/c3ccccc3)CC2)cc1. The van der Waals surface area contributed by atoms with Crippen LogP contribution in [0.15, 0.2) is 65.6 Å². The minimum atomic E-state index is -3.48. The number of aryl methyl sites for hydroxylation is 1. The van der Waals surface area contributed by atoms with Crippen molar-refractivity contribution in [3.8, 4) is 0 Å². The van der Waals surface area contributed by atoms with E-state index in [4.69, 9.17) is 0 Å². The summed E-state index contributed by atoms with van der Waals surface area (Å²) >= 11 is 0. The lowest BCUT2D eigenvalue weighted by molar-refractivity contribution is -0.132. The molecule has 1 N–H and O–H groups in total. The maximum absolute atomic E-state index is 12.6. The molecule has 33 heavy (non-hydrogen) atoms. The van der Waals surface area contributed by atoms with Crippen LogP contribution in [-0.4, -0.2) is 63.4 Å². The molecule has 0 radical (unpaired) electrons. The van der Waals surface area contributed by atoms with E-state index in [0.29, 0.717) is 19.4 Å². The zero-order valence-electron chi connectivity index (χ0n) is 19.6. The molecule has 0 aromatic heterocycles. The molecule has 178 valence electrons. The van der Waals surface area contributed by atoms with E-state index in [9.17, 15) is 13.2 Å². The van der Waals surface area contributed by atoms with Gasteiger partial charge in [0.2, 0.25) is 15.9 Å². The average molecular weight is 470 g/mol. The maximum Gasteiger partial charge on any atom is 0.240 e. The van der Waals surface area contributed by atoms with Gasteiger partial charge in [0.25, 0.3) is 0 Å². The standard InChI is InChI=1S/C26H35N3O3S/c1-22(2)21-27-33(31,32)25-13-10-24(11-14-25)12-15-26(30)29-19-17-28(18-20-29)16-6-9-23-7-4-3-5-8-23/h3-11,13-14,22,27H,12,15-21H2,1-2H3/b9-6+. The minimum absolute atomic E-state index is 0.157. The van der Waals surface area contributed by atoms with E-state index in [1.165, 1.54) is 5.56 Å². The second-order valence-electron chi connectivity index (χ2n) is 8.88. The van der Waals surface area contributed by atoms with Crippen molar-refractivity contribution in [3.63, 3.8) is 0 Å². The highest BCUT2D eigenvalue weighted by Gasteiger charge is 2.20. The lowest BCUT2D eigenvalue weighted by atomic mass is 10.1. The molecule has 2 aromatic rings. The van der Waals surface area contributed by atoms with Crippen LogP contribution >= 0.6 is 0 Å². The Morgan fingerprint density at radius 2 is 1.67 bits per heavy atom. The Morgan fingerprint density at radius 3 is 2.30 bits per heavy atom. The molecule has 1 saturated heterocycles. The molecule has 1 aliphatic rings. The summed E-state index contributed by atoms with van der Waals surface area (Å²) in [6, 6.07) is 17.1. The van der Waals surface area contributed by atoms with Gasteiger partial charge in [-0.2, -0.15) is 0 Å². The van der Waals surface area contributed by atoms with E-state index in [1.807, 2.05) is 36.9 Å². The number of amides is 1. The van der Waals surface area contributed by atoms with Gasteiger partial charge in [0, 0.05) is 45.7 Å². The van der Waals surface area contributed by atoms with E-state index in [2.05, 4.69) is 33.9 Å². The molecule has 0 aliphatic carbocycles. The number of carbonyl (C=O) groups excluding carboxylic acids is 1. The number of nitrogens with one attached hydrogen (secondary N) is 1. The van der Waals surface area contributed by atoms with Crippen LogP contribution in [0, 0.1) is 5.92 Å². The van der Waals surface area contributed by atoms with Gasteiger partial charge < -0.3 is 4.90 Å². The molecule has 0 spiro atoms. The van der Waals surface area contributed by atoms with Gasteiger partial charge in [-0.05, 0) is 35.6 Å². The van der Waals surface area contributed by atoms with Gasteiger partial charge in [-0.15, -0.1) is 0 Å². The monoisotopic (exact) mass is 469 g/mol. The number of piperazine rings is 1. The zero-order chi connectivity index (χ0) is 23.7. The number of hydrogen-bond donors (Lipinski definition) is 1. The van der Waals surface area contributed by atoms with E-state index >= 15 is 0 Å². The second kappa shape index (κ2) is 12.1. The summed E-state index contributed by atoms with van der Waals surface area (Å²) in [5.74, 6) is 0.405. The first-order valence-corrected chi connectivity index (χ1v) is 13.1. The summed E-state index contributed by atoms with van der Waals surface area (Å²) in [5.41, 5.74) is 2.17. The molecule has 6 nitrogen and oxygen atoms in total. The first kappa shape index (κ1) is 25.1. The van der Waals surface area contributed by atoms with Crippen LogP contribution in [0.3, 0.4) is 0 Å². The zero-order valence-corrected chi connectivity index (χ0v) is 20.4. The van der Waals surface area contributed by atoms with E-state index < -0.39 is 10.0 Å². The van der Waals surface area contributed by atoms with E-state index in [0.717, 1.165) is 38.3 Å². The Labute approximate surface area is 198 Å². The number of nitrogens with zero attached hydrogens (tertiary/aromatic N) is 2. The van der Waals surface area contributed by atoms with Crippen LogP contribution in [0.25, 0.3) is 6.08 Å². The summed E-state index contributed by atoms with van der Waals surface area (Å²) in [6.45, 7) is 8.47. The van der Waals surface area contributed by atoms with Crippen molar-refractivity contribution in [1.29, 1.82) is 0 Å². The Bertz CT molecular complexity index is 1010. The van der Waals surface area contributed by atoms with Crippen molar-refractivity contribution in [2.24, 2.45) is 5.92 Å². The van der Waals surface area contributed by atoms with Crippen LogP contribution in [0.5, 0.6) is 0 Å². The molecule has 1 heterocycles. The summed E-state index contributed by atoms with van der Waals surface area (Å²) in [5, 5.41) is 0. The lowest BCUT2D eigenvalue weighted by Crippen LogP contribution is -2.48.